The number of nitriles is 1. The molecule has 0 spiro atoms. The molecule has 0 aromatic heterocycles. The molecule has 0 saturated carbocycles. The molecule has 1 saturated heterocycles. The van der Waals surface area contributed by atoms with Gasteiger partial charge in [0.1, 0.15) is 6.04 Å². The standard InChI is InChI=1S/C18H25N3O/c1-14-5-7-15(8-6-14)16(13-19)20-9-11-21(12-10-20)17(22)18(2,3)4/h5-8,16H,9-12H2,1-4H3. The second-order valence-corrected chi connectivity index (χ2v) is 7.02. The van der Waals surface area contributed by atoms with Crippen LogP contribution in [0, 0.1) is 23.7 Å². The van der Waals surface area contributed by atoms with Gasteiger partial charge in [-0.05, 0) is 12.5 Å². The monoisotopic (exact) mass is 299 g/mol. The van der Waals surface area contributed by atoms with Crippen LogP contribution in [0.4, 0.5) is 0 Å². The fourth-order valence-corrected chi connectivity index (χ4v) is 2.77. The van der Waals surface area contributed by atoms with Crippen molar-refractivity contribution in [2.24, 2.45) is 5.41 Å². The van der Waals surface area contributed by atoms with E-state index in [0.717, 1.165) is 18.7 Å². The minimum absolute atomic E-state index is 0.191. The Morgan fingerprint density at radius 1 is 1.14 bits per heavy atom. The average Bonchev–Trinajstić information content (AvgIpc) is 2.49. The van der Waals surface area contributed by atoms with Crippen LogP contribution in [-0.2, 0) is 4.79 Å². The summed E-state index contributed by atoms with van der Waals surface area (Å²) in [5.74, 6) is 0.191. The van der Waals surface area contributed by atoms with Gasteiger partial charge in [0, 0.05) is 31.6 Å². The summed E-state index contributed by atoms with van der Waals surface area (Å²) in [6, 6.07) is 10.3. The summed E-state index contributed by atoms with van der Waals surface area (Å²) in [5.41, 5.74) is 1.89. The van der Waals surface area contributed by atoms with Crippen molar-refractivity contribution in [3.63, 3.8) is 0 Å². The highest BCUT2D eigenvalue weighted by molar-refractivity contribution is 5.81. The maximum Gasteiger partial charge on any atom is 0.228 e. The van der Waals surface area contributed by atoms with Crippen molar-refractivity contribution in [1.82, 2.24) is 9.80 Å². The molecule has 1 aliphatic heterocycles. The van der Waals surface area contributed by atoms with Gasteiger partial charge in [-0.25, -0.2) is 0 Å². The topological polar surface area (TPSA) is 47.3 Å². The van der Waals surface area contributed by atoms with Gasteiger partial charge in [-0.1, -0.05) is 50.6 Å². The van der Waals surface area contributed by atoms with E-state index >= 15 is 0 Å². The van der Waals surface area contributed by atoms with Gasteiger partial charge >= 0.3 is 0 Å². The van der Waals surface area contributed by atoms with Crippen LogP contribution in [0.1, 0.15) is 37.9 Å². The maximum atomic E-state index is 12.3. The van der Waals surface area contributed by atoms with E-state index in [1.165, 1.54) is 5.56 Å². The number of nitrogens with zero attached hydrogens (tertiary/aromatic N) is 3. The molecule has 0 radical (unpaired) electrons. The van der Waals surface area contributed by atoms with Crippen molar-refractivity contribution < 1.29 is 4.79 Å². The lowest BCUT2D eigenvalue weighted by molar-refractivity contribution is -0.141. The molecule has 4 nitrogen and oxygen atoms in total. The van der Waals surface area contributed by atoms with E-state index in [2.05, 4.69) is 11.0 Å². The van der Waals surface area contributed by atoms with Crippen LogP contribution < -0.4 is 0 Å². The van der Waals surface area contributed by atoms with Gasteiger partial charge in [-0.2, -0.15) is 5.26 Å². The number of benzene rings is 1. The fourth-order valence-electron chi connectivity index (χ4n) is 2.77. The van der Waals surface area contributed by atoms with Crippen LogP contribution in [0.5, 0.6) is 0 Å². The first-order chi connectivity index (χ1) is 10.3. The summed E-state index contributed by atoms with van der Waals surface area (Å²) in [4.78, 5) is 16.4. The highest BCUT2D eigenvalue weighted by atomic mass is 16.2. The molecular weight excluding hydrogens is 274 g/mol. The Hall–Kier alpha value is -1.86. The molecule has 1 aliphatic rings. The molecule has 0 N–H and O–H groups in total. The molecule has 4 heteroatoms. The average molecular weight is 299 g/mol. The highest BCUT2D eigenvalue weighted by Crippen LogP contribution is 2.24. The van der Waals surface area contributed by atoms with Crippen LogP contribution >= 0.6 is 0 Å². The third kappa shape index (κ3) is 3.66. The van der Waals surface area contributed by atoms with Crippen LogP contribution in [0.2, 0.25) is 0 Å². The quantitative estimate of drug-likeness (QED) is 0.843. The summed E-state index contributed by atoms with van der Waals surface area (Å²) < 4.78 is 0. The Labute approximate surface area is 133 Å². The van der Waals surface area contributed by atoms with Crippen LogP contribution in [-0.4, -0.2) is 41.9 Å². The molecule has 1 atom stereocenters. The van der Waals surface area contributed by atoms with E-state index in [4.69, 9.17) is 0 Å². The van der Waals surface area contributed by atoms with Crippen molar-refractivity contribution in [1.29, 1.82) is 5.26 Å². The number of aryl methyl sites for hydroxylation is 1. The van der Waals surface area contributed by atoms with E-state index < -0.39 is 0 Å². The number of rotatable bonds is 2. The lowest BCUT2D eigenvalue weighted by atomic mass is 9.94. The Morgan fingerprint density at radius 3 is 2.14 bits per heavy atom. The van der Waals surface area contributed by atoms with Gasteiger partial charge in [0.2, 0.25) is 5.91 Å². The molecule has 1 heterocycles. The Balaban J connectivity index is 2.02. The molecule has 22 heavy (non-hydrogen) atoms. The molecule has 0 bridgehead atoms. The molecule has 1 fully saturated rings. The zero-order valence-corrected chi connectivity index (χ0v) is 14.0. The highest BCUT2D eigenvalue weighted by Gasteiger charge is 2.31. The summed E-state index contributed by atoms with van der Waals surface area (Å²) in [6.07, 6.45) is 0. The van der Waals surface area contributed by atoms with E-state index in [9.17, 15) is 10.1 Å². The van der Waals surface area contributed by atoms with Crippen molar-refractivity contribution in [3.05, 3.63) is 35.4 Å². The number of carbonyl (C=O) groups is 1. The van der Waals surface area contributed by atoms with Gasteiger partial charge < -0.3 is 4.90 Å². The number of hydrogen-bond acceptors (Lipinski definition) is 3. The van der Waals surface area contributed by atoms with Gasteiger partial charge in [0.25, 0.3) is 0 Å². The summed E-state index contributed by atoms with van der Waals surface area (Å²) in [7, 11) is 0. The van der Waals surface area contributed by atoms with Gasteiger partial charge in [0.15, 0.2) is 0 Å². The number of piperazine rings is 1. The van der Waals surface area contributed by atoms with Crippen molar-refractivity contribution in [2.75, 3.05) is 26.2 Å². The molecule has 1 aromatic carbocycles. The Kier molecular flexibility index (Phi) is 4.87. The van der Waals surface area contributed by atoms with E-state index in [-0.39, 0.29) is 17.4 Å². The molecule has 2 rings (SSSR count). The zero-order valence-electron chi connectivity index (χ0n) is 14.0. The van der Waals surface area contributed by atoms with E-state index in [1.807, 2.05) is 56.9 Å². The SMILES string of the molecule is Cc1ccc(C(C#N)N2CCN(C(=O)C(C)(C)C)CC2)cc1. The number of hydrogen-bond donors (Lipinski definition) is 0. The molecule has 118 valence electrons. The van der Waals surface area contributed by atoms with E-state index in [0.29, 0.717) is 13.1 Å². The molecule has 0 aliphatic carbocycles. The second kappa shape index (κ2) is 6.50. The lowest BCUT2D eigenvalue weighted by Crippen LogP contribution is -2.52. The molecule has 1 aromatic rings. The smallest absolute Gasteiger partial charge is 0.228 e. The number of amides is 1. The third-order valence-electron chi connectivity index (χ3n) is 4.12. The van der Waals surface area contributed by atoms with Gasteiger partial charge in [0.05, 0.1) is 6.07 Å². The predicted octanol–water partition coefficient (Wildman–Crippen LogP) is 2.75. The first-order valence-electron chi connectivity index (χ1n) is 7.82. The minimum Gasteiger partial charge on any atom is -0.340 e. The van der Waals surface area contributed by atoms with Crippen molar-refractivity contribution >= 4 is 5.91 Å². The summed E-state index contributed by atoms with van der Waals surface area (Å²) >= 11 is 0. The minimum atomic E-state index is -0.340. The predicted molar refractivity (Wildman–Crippen MR) is 87.1 cm³/mol. The zero-order chi connectivity index (χ0) is 16.3. The largest absolute Gasteiger partial charge is 0.340 e. The van der Waals surface area contributed by atoms with Crippen molar-refractivity contribution in [3.8, 4) is 6.07 Å². The number of carbonyl (C=O) groups excluding carboxylic acids is 1. The second-order valence-electron chi connectivity index (χ2n) is 7.02. The Bertz CT molecular complexity index is 557. The third-order valence-corrected chi connectivity index (χ3v) is 4.12. The van der Waals surface area contributed by atoms with Crippen LogP contribution in [0.3, 0.4) is 0 Å². The molecular formula is C18H25N3O. The van der Waals surface area contributed by atoms with Gasteiger partial charge in [-0.15, -0.1) is 0 Å². The molecule has 1 amide bonds. The lowest BCUT2D eigenvalue weighted by Gasteiger charge is -2.39. The fraction of sp³-hybridized carbons (Fsp3) is 0.556. The van der Waals surface area contributed by atoms with E-state index in [1.54, 1.807) is 0 Å². The normalized spacial score (nSPS) is 17.9. The first kappa shape index (κ1) is 16.5. The van der Waals surface area contributed by atoms with Crippen LogP contribution in [0.15, 0.2) is 24.3 Å². The van der Waals surface area contributed by atoms with Crippen molar-refractivity contribution in [2.45, 2.75) is 33.7 Å². The molecule has 1 unspecified atom stereocenters. The summed E-state index contributed by atoms with van der Waals surface area (Å²) in [6.45, 7) is 10.8. The Morgan fingerprint density at radius 2 is 1.68 bits per heavy atom. The first-order valence-corrected chi connectivity index (χ1v) is 7.82. The maximum absolute atomic E-state index is 12.3. The van der Waals surface area contributed by atoms with Gasteiger partial charge in [-0.3, -0.25) is 9.69 Å². The summed E-state index contributed by atoms with van der Waals surface area (Å²) in [5, 5.41) is 9.53. The van der Waals surface area contributed by atoms with Crippen LogP contribution in [0.25, 0.3) is 0 Å².